The van der Waals surface area contributed by atoms with E-state index < -0.39 is 0 Å². The number of anilines is 1. The van der Waals surface area contributed by atoms with E-state index in [1.807, 2.05) is 97.2 Å². The van der Waals surface area contributed by atoms with Crippen LogP contribution in [-0.2, 0) is 6.54 Å². The fourth-order valence-electron chi connectivity index (χ4n) is 3.02. The van der Waals surface area contributed by atoms with Gasteiger partial charge in [0, 0.05) is 23.5 Å². The molecule has 0 atom stereocenters. The zero-order valence-electron chi connectivity index (χ0n) is 17.1. The van der Waals surface area contributed by atoms with Gasteiger partial charge >= 0.3 is 0 Å². The molecule has 0 aliphatic carbocycles. The number of para-hydroxylation sites is 1. The highest BCUT2D eigenvalue weighted by Gasteiger charge is 2.02. The largest absolute Gasteiger partial charge is 0.457 e. The van der Waals surface area contributed by atoms with Gasteiger partial charge in [-0.3, -0.25) is 5.43 Å². The Bertz CT molecular complexity index is 1190. The number of nitrogens with one attached hydrogen (secondary N) is 2. The smallest absolute Gasteiger partial charge is 0.191 e. The molecule has 3 aromatic carbocycles. The Balaban J connectivity index is 1.29. The molecule has 1 heterocycles. The third-order valence-electron chi connectivity index (χ3n) is 4.58. The zero-order valence-corrected chi connectivity index (χ0v) is 18.7. The summed E-state index contributed by atoms with van der Waals surface area (Å²) >= 11 is 11.3. The number of halogens is 1. The van der Waals surface area contributed by atoms with Crippen molar-refractivity contribution in [3.05, 3.63) is 113 Å². The van der Waals surface area contributed by atoms with E-state index in [1.165, 1.54) is 0 Å². The molecule has 0 amide bonds. The monoisotopic (exact) mass is 460 g/mol. The van der Waals surface area contributed by atoms with Crippen LogP contribution in [0.1, 0.15) is 11.3 Å². The summed E-state index contributed by atoms with van der Waals surface area (Å²) in [6.45, 7) is 0.728. The molecule has 0 aliphatic heterocycles. The summed E-state index contributed by atoms with van der Waals surface area (Å²) in [5.41, 5.74) is 5.80. The Labute approximate surface area is 197 Å². The molecule has 5 nitrogen and oxygen atoms in total. The minimum atomic E-state index is 0.397. The van der Waals surface area contributed by atoms with Crippen molar-refractivity contribution in [1.29, 1.82) is 0 Å². The van der Waals surface area contributed by atoms with Gasteiger partial charge in [0.15, 0.2) is 5.11 Å². The SMILES string of the molecule is S=C(N/N=C/c1cccn1Cc1ccc(Cl)cc1)Nc1ccc(Oc2ccccc2)cc1. The molecule has 0 bridgehead atoms. The molecule has 0 spiro atoms. The predicted molar refractivity (Wildman–Crippen MR) is 135 cm³/mol. The summed E-state index contributed by atoms with van der Waals surface area (Å²) < 4.78 is 7.89. The van der Waals surface area contributed by atoms with Gasteiger partial charge in [-0.05, 0) is 78.4 Å². The van der Waals surface area contributed by atoms with Gasteiger partial charge in [-0.15, -0.1) is 0 Å². The molecular formula is C25H21ClN4OS. The van der Waals surface area contributed by atoms with E-state index >= 15 is 0 Å². The maximum atomic E-state index is 5.96. The Kier molecular flexibility index (Phi) is 7.17. The molecule has 0 saturated heterocycles. The second kappa shape index (κ2) is 10.6. The van der Waals surface area contributed by atoms with Crippen LogP contribution in [0.15, 0.2) is 102 Å². The van der Waals surface area contributed by atoms with Crippen molar-refractivity contribution < 1.29 is 4.74 Å². The van der Waals surface area contributed by atoms with E-state index in [2.05, 4.69) is 20.4 Å². The Hall–Kier alpha value is -3.61. The van der Waals surface area contributed by atoms with E-state index in [0.29, 0.717) is 5.11 Å². The van der Waals surface area contributed by atoms with Crippen molar-refractivity contribution in [3.8, 4) is 11.5 Å². The summed E-state index contributed by atoms with van der Waals surface area (Å²) in [7, 11) is 0. The molecule has 4 rings (SSSR count). The lowest BCUT2D eigenvalue weighted by Crippen LogP contribution is -2.24. The average Bonchev–Trinajstić information content (AvgIpc) is 3.24. The van der Waals surface area contributed by atoms with Gasteiger partial charge in [0.25, 0.3) is 0 Å². The highest BCUT2D eigenvalue weighted by atomic mass is 35.5. The lowest BCUT2D eigenvalue weighted by Gasteiger charge is -2.09. The van der Waals surface area contributed by atoms with Gasteiger partial charge < -0.3 is 14.6 Å². The van der Waals surface area contributed by atoms with Crippen molar-refractivity contribution in [3.63, 3.8) is 0 Å². The average molecular weight is 461 g/mol. The lowest BCUT2D eigenvalue weighted by molar-refractivity contribution is 0.483. The molecule has 1 aromatic heterocycles. The van der Waals surface area contributed by atoms with E-state index in [0.717, 1.165) is 40.0 Å². The number of thiocarbonyl (C=S) groups is 1. The van der Waals surface area contributed by atoms with Gasteiger partial charge in [0.1, 0.15) is 11.5 Å². The van der Waals surface area contributed by atoms with E-state index in [9.17, 15) is 0 Å². The number of hydrogen-bond acceptors (Lipinski definition) is 3. The molecular weight excluding hydrogens is 440 g/mol. The van der Waals surface area contributed by atoms with E-state index in [4.69, 9.17) is 28.6 Å². The van der Waals surface area contributed by atoms with Crippen molar-refractivity contribution in [1.82, 2.24) is 9.99 Å². The first-order valence-electron chi connectivity index (χ1n) is 9.98. The van der Waals surface area contributed by atoms with Crippen LogP contribution in [0.4, 0.5) is 5.69 Å². The minimum Gasteiger partial charge on any atom is -0.457 e. The second-order valence-corrected chi connectivity index (χ2v) is 7.80. The number of nitrogens with zero attached hydrogens (tertiary/aromatic N) is 2. The number of hydrogen-bond donors (Lipinski definition) is 2. The van der Waals surface area contributed by atoms with Crippen LogP contribution in [0, 0.1) is 0 Å². The number of ether oxygens (including phenoxy) is 1. The summed E-state index contributed by atoms with van der Waals surface area (Å²) in [6.07, 6.45) is 3.74. The first-order chi connectivity index (χ1) is 15.7. The van der Waals surface area contributed by atoms with Crippen molar-refractivity contribution in [2.45, 2.75) is 6.54 Å². The highest BCUT2D eigenvalue weighted by molar-refractivity contribution is 7.80. The van der Waals surface area contributed by atoms with Crippen LogP contribution in [0.3, 0.4) is 0 Å². The quantitative estimate of drug-likeness (QED) is 0.193. The molecule has 32 heavy (non-hydrogen) atoms. The lowest BCUT2D eigenvalue weighted by atomic mass is 10.2. The third kappa shape index (κ3) is 6.20. The Morgan fingerprint density at radius 1 is 0.906 bits per heavy atom. The summed E-state index contributed by atoms with van der Waals surface area (Å²) in [4.78, 5) is 0. The Morgan fingerprint density at radius 2 is 1.62 bits per heavy atom. The molecule has 0 unspecified atom stereocenters. The van der Waals surface area contributed by atoms with Gasteiger partial charge in [-0.25, -0.2) is 0 Å². The number of aromatic nitrogens is 1. The molecule has 7 heteroatoms. The molecule has 4 aromatic rings. The number of rotatable bonds is 7. The first kappa shape index (κ1) is 21.6. The van der Waals surface area contributed by atoms with Gasteiger partial charge in [-0.2, -0.15) is 5.10 Å². The normalized spacial score (nSPS) is 10.8. The molecule has 2 N–H and O–H groups in total. The summed E-state index contributed by atoms with van der Waals surface area (Å²) in [5, 5.41) is 8.48. The summed E-state index contributed by atoms with van der Waals surface area (Å²) in [5.74, 6) is 1.54. The van der Waals surface area contributed by atoms with Crippen LogP contribution in [0.2, 0.25) is 5.02 Å². The predicted octanol–water partition coefficient (Wildman–Crippen LogP) is 6.30. The van der Waals surface area contributed by atoms with Gasteiger partial charge in [0.2, 0.25) is 0 Å². The van der Waals surface area contributed by atoms with Crippen molar-refractivity contribution >= 4 is 40.8 Å². The third-order valence-corrected chi connectivity index (χ3v) is 5.03. The maximum Gasteiger partial charge on any atom is 0.191 e. The van der Waals surface area contributed by atoms with Gasteiger partial charge in [0.05, 0.1) is 11.9 Å². The van der Waals surface area contributed by atoms with E-state index in [-0.39, 0.29) is 0 Å². The van der Waals surface area contributed by atoms with Crippen LogP contribution < -0.4 is 15.5 Å². The van der Waals surface area contributed by atoms with Crippen molar-refractivity contribution in [2.75, 3.05) is 5.32 Å². The molecule has 160 valence electrons. The first-order valence-corrected chi connectivity index (χ1v) is 10.8. The molecule has 0 radical (unpaired) electrons. The number of hydrazone groups is 1. The van der Waals surface area contributed by atoms with Crippen molar-refractivity contribution in [2.24, 2.45) is 5.10 Å². The van der Waals surface area contributed by atoms with Gasteiger partial charge in [-0.1, -0.05) is 41.9 Å². The molecule has 0 saturated carbocycles. The standard InChI is InChI=1S/C25H21ClN4OS/c26-20-10-8-19(9-11-20)18-30-16-4-5-22(30)17-27-29-25(32)28-21-12-14-24(15-13-21)31-23-6-2-1-3-7-23/h1-17H,18H2,(H2,28,29,32)/b27-17+. The fourth-order valence-corrected chi connectivity index (χ4v) is 3.32. The van der Waals surface area contributed by atoms with Crippen LogP contribution in [0.5, 0.6) is 11.5 Å². The van der Waals surface area contributed by atoms with E-state index in [1.54, 1.807) is 6.21 Å². The topological polar surface area (TPSA) is 50.6 Å². The minimum absolute atomic E-state index is 0.397. The molecule has 0 aliphatic rings. The Morgan fingerprint density at radius 3 is 2.38 bits per heavy atom. The van der Waals surface area contributed by atoms with Crippen LogP contribution in [-0.4, -0.2) is 15.9 Å². The molecule has 0 fully saturated rings. The summed E-state index contributed by atoms with van der Waals surface area (Å²) in [6, 6.07) is 29.0. The maximum absolute atomic E-state index is 5.96. The second-order valence-electron chi connectivity index (χ2n) is 6.95. The zero-order chi connectivity index (χ0) is 22.2. The fraction of sp³-hybridized carbons (Fsp3) is 0.0400. The van der Waals surface area contributed by atoms with Crippen LogP contribution >= 0.6 is 23.8 Å². The van der Waals surface area contributed by atoms with Crippen LogP contribution in [0.25, 0.3) is 0 Å². The highest BCUT2D eigenvalue weighted by Crippen LogP contribution is 2.22. The number of benzene rings is 3.